The molecule has 0 amide bonds. The van der Waals surface area contributed by atoms with Gasteiger partial charge in [0.15, 0.2) is 0 Å². The first-order valence-electron chi connectivity index (χ1n) is 12.1. The first kappa shape index (κ1) is 26.7. The topological polar surface area (TPSA) is 40.5 Å². The Labute approximate surface area is 170 Å². The van der Waals surface area contributed by atoms with Crippen molar-refractivity contribution in [2.45, 2.75) is 148 Å². The van der Waals surface area contributed by atoms with Gasteiger partial charge in [-0.15, -0.1) is 6.58 Å². The molecule has 0 fully saturated rings. The largest absolute Gasteiger partial charge is 0.390 e. The summed E-state index contributed by atoms with van der Waals surface area (Å²) in [6.07, 6.45) is 24.6. The molecule has 2 atom stereocenters. The molecular weight excluding hydrogens is 332 g/mol. The van der Waals surface area contributed by atoms with E-state index in [1.165, 1.54) is 83.5 Å². The molecule has 2 unspecified atom stereocenters. The van der Waals surface area contributed by atoms with Gasteiger partial charge in [0.05, 0.1) is 11.7 Å². The maximum Gasteiger partial charge on any atom is 0.0877 e. The number of unbranched alkanes of at least 4 members (excludes halogenated alkanes) is 15. The summed E-state index contributed by atoms with van der Waals surface area (Å²) in [5, 5.41) is 20.7. The van der Waals surface area contributed by atoms with Gasteiger partial charge in [0.2, 0.25) is 0 Å². The Morgan fingerprint density at radius 3 is 1.63 bits per heavy atom. The summed E-state index contributed by atoms with van der Waals surface area (Å²) in [6, 6.07) is 0. The third-order valence-corrected chi connectivity index (χ3v) is 5.89. The lowest BCUT2D eigenvalue weighted by Crippen LogP contribution is -2.39. The molecule has 2 N–H and O–H groups in total. The van der Waals surface area contributed by atoms with Gasteiger partial charge in [0.25, 0.3) is 0 Å². The second kappa shape index (κ2) is 19.0. The monoisotopic (exact) mass is 382 g/mol. The fourth-order valence-electron chi connectivity index (χ4n) is 3.78. The van der Waals surface area contributed by atoms with Gasteiger partial charge in [-0.2, -0.15) is 0 Å². The van der Waals surface area contributed by atoms with Gasteiger partial charge >= 0.3 is 0 Å². The minimum Gasteiger partial charge on any atom is -0.390 e. The highest BCUT2D eigenvalue weighted by molar-refractivity contribution is 4.82. The van der Waals surface area contributed by atoms with Crippen LogP contribution in [0.15, 0.2) is 12.7 Å². The van der Waals surface area contributed by atoms with Gasteiger partial charge in [-0.1, -0.05) is 109 Å². The van der Waals surface area contributed by atoms with Crippen LogP contribution in [0.3, 0.4) is 0 Å². The van der Waals surface area contributed by atoms with E-state index in [1.807, 2.05) is 6.08 Å². The number of rotatable bonds is 21. The van der Waals surface area contributed by atoms with Gasteiger partial charge in [0, 0.05) is 0 Å². The summed E-state index contributed by atoms with van der Waals surface area (Å²) in [7, 11) is 0. The van der Waals surface area contributed by atoms with Crippen LogP contribution in [-0.2, 0) is 0 Å². The van der Waals surface area contributed by atoms with Gasteiger partial charge in [-0.3, -0.25) is 0 Å². The smallest absolute Gasteiger partial charge is 0.0877 e. The Balaban J connectivity index is 3.38. The number of hydrogen-bond donors (Lipinski definition) is 2. The quantitative estimate of drug-likeness (QED) is 0.157. The molecule has 162 valence electrons. The molecule has 2 nitrogen and oxygen atoms in total. The summed E-state index contributed by atoms with van der Waals surface area (Å²) in [6.45, 7) is 7.78. The molecule has 0 spiro atoms. The van der Waals surface area contributed by atoms with Crippen LogP contribution in [0.5, 0.6) is 0 Å². The predicted molar refractivity (Wildman–Crippen MR) is 120 cm³/mol. The van der Waals surface area contributed by atoms with Crippen molar-refractivity contribution < 1.29 is 10.2 Å². The fraction of sp³-hybridized carbons (Fsp3) is 0.920. The number of aliphatic hydroxyl groups excluding tert-OH is 1. The normalized spacial score (nSPS) is 14.8. The van der Waals surface area contributed by atoms with E-state index in [-0.39, 0.29) is 0 Å². The maximum absolute atomic E-state index is 10.4. The van der Waals surface area contributed by atoms with Crippen molar-refractivity contribution in [2.24, 2.45) is 0 Å². The average Bonchev–Trinajstić information content (AvgIpc) is 2.65. The summed E-state index contributed by atoms with van der Waals surface area (Å²) < 4.78 is 0. The van der Waals surface area contributed by atoms with Crippen LogP contribution in [0.4, 0.5) is 0 Å². The summed E-state index contributed by atoms with van der Waals surface area (Å²) in [5.41, 5.74) is -0.933. The third kappa shape index (κ3) is 17.5. The highest BCUT2D eigenvalue weighted by Gasteiger charge is 2.28. The molecule has 27 heavy (non-hydrogen) atoms. The van der Waals surface area contributed by atoms with Crippen LogP contribution >= 0.6 is 0 Å². The summed E-state index contributed by atoms with van der Waals surface area (Å²) in [5.74, 6) is 0. The van der Waals surface area contributed by atoms with Crippen molar-refractivity contribution in [3.63, 3.8) is 0 Å². The van der Waals surface area contributed by atoms with Crippen molar-refractivity contribution in [2.75, 3.05) is 0 Å². The molecule has 0 aliphatic heterocycles. The molecule has 0 aromatic carbocycles. The van der Waals surface area contributed by atoms with Gasteiger partial charge in [-0.05, 0) is 32.6 Å². The third-order valence-electron chi connectivity index (χ3n) is 5.89. The Kier molecular flexibility index (Phi) is 18.8. The summed E-state index contributed by atoms with van der Waals surface area (Å²) >= 11 is 0. The zero-order chi connectivity index (χ0) is 20.2. The Morgan fingerprint density at radius 1 is 0.741 bits per heavy atom. The van der Waals surface area contributed by atoms with E-state index < -0.39 is 11.7 Å². The van der Waals surface area contributed by atoms with Gasteiger partial charge in [-0.25, -0.2) is 0 Å². The number of aliphatic hydroxyl groups is 2. The van der Waals surface area contributed by atoms with Crippen molar-refractivity contribution in [3.05, 3.63) is 12.7 Å². The van der Waals surface area contributed by atoms with Crippen molar-refractivity contribution in [1.82, 2.24) is 0 Å². The van der Waals surface area contributed by atoms with Crippen LogP contribution in [0.1, 0.15) is 136 Å². The van der Waals surface area contributed by atoms with Crippen molar-refractivity contribution in [3.8, 4) is 0 Å². The maximum atomic E-state index is 10.4. The molecule has 0 aromatic rings. The fourth-order valence-corrected chi connectivity index (χ4v) is 3.78. The van der Waals surface area contributed by atoms with E-state index >= 15 is 0 Å². The second-order valence-electron chi connectivity index (χ2n) is 8.79. The lowest BCUT2D eigenvalue weighted by atomic mass is 9.89. The molecule has 0 saturated heterocycles. The predicted octanol–water partition coefficient (Wildman–Crippen LogP) is 7.72. The SMILES string of the molecule is C=CCCCCC(C)(O)C(O)CCCCCCCCCCCCCCCC. The molecular formula is C25H50O2. The average molecular weight is 383 g/mol. The molecule has 0 heterocycles. The van der Waals surface area contributed by atoms with Crippen molar-refractivity contribution >= 4 is 0 Å². The molecule has 0 saturated carbocycles. The highest BCUT2D eigenvalue weighted by atomic mass is 16.3. The highest BCUT2D eigenvalue weighted by Crippen LogP contribution is 2.23. The van der Waals surface area contributed by atoms with E-state index in [0.29, 0.717) is 6.42 Å². The lowest BCUT2D eigenvalue weighted by molar-refractivity contribution is -0.0720. The summed E-state index contributed by atoms with van der Waals surface area (Å²) in [4.78, 5) is 0. The van der Waals surface area contributed by atoms with Crippen LogP contribution in [0.2, 0.25) is 0 Å². The Bertz CT molecular complexity index is 311. The van der Waals surface area contributed by atoms with E-state index in [2.05, 4.69) is 13.5 Å². The van der Waals surface area contributed by atoms with Crippen LogP contribution in [-0.4, -0.2) is 21.9 Å². The van der Waals surface area contributed by atoms with E-state index in [4.69, 9.17) is 0 Å². The van der Waals surface area contributed by atoms with Gasteiger partial charge < -0.3 is 10.2 Å². The van der Waals surface area contributed by atoms with E-state index in [1.54, 1.807) is 6.92 Å². The lowest BCUT2D eigenvalue weighted by Gasteiger charge is -2.29. The molecule has 0 rings (SSSR count). The molecule has 0 aromatic heterocycles. The second-order valence-corrected chi connectivity index (χ2v) is 8.79. The van der Waals surface area contributed by atoms with E-state index in [9.17, 15) is 10.2 Å². The molecule has 0 radical (unpaired) electrons. The zero-order valence-electron chi connectivity index (χ0n) is 18.7. The zero-order valence-corrected chi connectivity index (χ0v) is 18.7. The Hall–Kier alpha value is -0.340. The van der Waals surface area contributed by atoms with Crippen LogP contribution in [0, 0.1) is 0 Å². The molecule has 0 aliphatic rings. The Morgan fingerprint density at radius 2 is 1.19 bits per heavy atom. The van der Waals surface area contributed by atoms with Crippen LogP contribution < -0.4 is 0 Å². The van der Waals surface area contributed by atoms with Gasteiger partial charge in [0.1, 0.15) is 0 Å². The standard InChI is InChI=1S/C25H50O2/c1-4-6-8-10-11-12-13-14-15-16-17-18-19-20-22-24(26)25(3,27)23-21-9-7-5-2/h5,24,26-27H,2,4,6-23H2,1,3H3. The minimum atomic E-state index is -0.933. The number of allylic oxidation sites excluding steroid dienone is 1. The van der Waals surface area contributed by atoms with Crippen molar-refractivity contribution in [1.29, 1.82) is 0 Å². The first-order chi connectivity index (χ1) is 13.0. The molecule has 0 aliphatic carbocycles. The molecule has 0 bridgehead atoms. The van der Waals surface area contributed by atoms with E-state index in [0.717, 1.165) is 32.1 Å². The van der Waals surface area contributed by atoms with Crippen LogP contribution in [0.25, 0.3) is 0 Å². The number of hydrogen-bond acceptors (Lipinski definition) is 2. The minimum absolute atomic E-state index is 0.585. The first-order valence-corrected chi connectivity index (χ1v) is 12.1. The molecule has 2 heteroatoms.